The normalized spacial score (nSPS) is 10.9. The second-order valence-electron chi connectivity index (χ2n) is 7.72. The van der Waals surface area contributed by atoms with Gasteiger partial charge in [-0.3, -0.25) is 14.9 Å². The number of nitro groups is 1. The van der Waals surface area contributed by atoms with Gasteiger partial charge in [0.2, 0.25) is 0 Å². The van der Waals surface area contributed by atoms with E-state index in [-0.39, 0.29) is 23.6 Å². The van der Waals surface area contributed by atoms with Crippen LogP contribution in [-0.2, 0) is 6.61 Å². The van der Waals surface area contributed by atoms with Gasteiger partial charge in [0.25, 0.3) is 5.69 Å². The first-order valence-corrected chi connectivity index (χ1v) is 11.1. The van der Waals surface area contributed by atoms with Crippen molar-refractivity contribution in [3.8, 4) is 11.5 Å². The predicted octanol–water partition coefficient (Wildman–Crippen LogP) is 4.78. The van der Waals surface area contributed by atoms with Crippen molar-refractivity contribution in [2.24, 2.45) is 5.10 Å². The highest BCUT2D eigenvalue weighted by Gasteiger charge is 2.15. The summed E-state index contributed by atoms with van der Waals surface area (Å²) in [6, 6.07) is 16.9. The largest absolute Gasteiger partial charge is 0.490 e. The third-order valence-corrected chi connectivity index (χ3v) is 5.18. The minimum atomic E-state index is -0.997. The molecule has 0 radical (unpaired) electrons. The van der Waals surface area contributed by atoms with E-state index in [2.05, 4.69) is 10.5 Å². The Morgan fingerprint density at radius 1 is 1.05 bits per heavy atom. The molecule has 1 aromatic heterocycles. The molecular weight excluding hydrogens is 482 g/mol. The average Bonchev–Trinajstić information content (AvgIpc) is 3.32. The van der Waals surface area contributed by atoms with Gasteiger partial charge in [-0.2, -0.15) is 5.10 Å². The van der Waals surface area contributed by atoms with Gasteiger partial charge in [0.1, 0.15) is 12.2 Å². The zero-order valence-corrected chi connectivity index (χ0v) is 19.5. The quantitative estimate of drug-likeness (QED) is 0.178. The zero-order chi connectivity index (χ0) is 26.4. The number of carbonyl (C=O) groups excluding carboxylic acids is 1. The molecule has 4 aromatic rings. The van der Waals surface area contributed by atoms with Crippen LogP contribution in [0.5, 0.6) is 11.5 Å². The third kappa shape index (κ3) is 6.09. The smallest absolute Gasteiger partial charge is 0.335 e. The Morgan fingerprint density at radius 3 is 2.54 bits per heavy atom. The molecule has 11 nitrogen and oxygen atoms in total. The summed E-state index contributed by atoms with van der Waals surface area (Å²) in [7, 11) is 0. The highest BCUT2D eigenvalue weighted by Crippen LogP contribution is 2.29. The highest BCUT2D eigenvalue weighted by atomic mass is 16.6. The van der Waals surface area contributed by atoms with E-state index in [1.54, 1.807) is 30.3 Å². The Morgan fingerprint density at radius 2 is 1.84 bits per heavy atom. The van der Waals surface area contributed by atoms with E-state index in [0.717, 1.165) is 5.56 Å². The predicted molar refractivity (Wildman–Crippen MR) is 133 cm³/mol. The summed E-state index contributed by atoms with van der Waals surface area (Å²) in [6.45, 7) is 2.44. The first kappa shape index (κ1) is 24.9. The van der Waals surface area contributed by atoms with Crippen molar-refractivity contribution >= 4 is 34.7 Å². The van der Waals surface area contributed by atoms with Gasteiger partial charge < -0.3 is 19.0 Å². The molecule has 3 aromatic carbocycles. The number of benzene rings is 3. The zero-order valence-electron chi connectivity index (χ0n) is 19.5. The highest BCUT2D eigenvalue weighted by molar-refractivity contribution is 5.97. The van der Waals surface area contributed by atoms with Crippen LogP contribution >= 0.6 is 0 Å². The monoisotopic (exact) mass is 503 g/mol. The van der Waals surface area contributed by atoms with Crippen LogP contribution in [0.15, 0.2) is 76.2 Å². The number of non-ortho nitro benzene ring substituents is 1. The number of hydrogen-bond donors (Lipinski definition) is 2. The second kappa shape index (κ2) is 11.0. The number of carbonyl (C=O) groups is 2. The number of hydrazone groups is 1. The molecule has 0 atom stereocenters. The summed E-state index contributed by atoms with van der Waals surface area (Å²) in [5, 5.41) is 24.3. The number of ether oxygens (including phenoxy) is 2. The molecule has 1 heterocycles. The molecule has 0 unspecified atom stereocenters. The first-order chi connectivity index (χ1) is 17.8. The topological polar surface area (TPSA) is 154 Å². The van der Waals surface area contributed by atoms with Gasteiger partial charge in [0, 0.05) is 17.5 Å². The maximum absolute atomic E-state index is 12.4. The first-order valence-electron chi connectivity index (χ1n) is 11.1. The number of rotatable bonds is 10. The summed E-state index contributed by atoms with van der Waals surface area (Å²) in [5.74, 6) is -0.694. The summed E-state index contributed by atoms with van der Waals surface area (Å²) >= 11 is 0. The number of nitrogens with zero attached hydrogens (tertiary/aromatic N) is 2. The summed E-state index contributed by atoms with van der Waals surface area (Å²) < 4.78 is 16.9. The number of amides is 1. The van der Waals surface area contributed by atoms with Crippen LogP contribution < -0.4 is 14.9 Å². The Hall–Kier alpha value is -5.19. The molecular formula is C26H21N3O8. The maximum Gasteiger partial charge on any atom is 0.335 e. The van der Waals surface area contributed by atoms with Gasteiger partial charge >= 0.3 is 11.9 Å². The lowest BCUT2D eigenvalue weighted by Crippen LogP contribution is -2.16. The van der Waals surface area contributed by atoms with Crippen molar-refractivity contribution in [2.45, 2.75) is 13.5 Å². The summed E-state index contributed by atoms with van der Waals surface area (Å²) in [6.07, 6.45) is 1.42. The second-order valence-corrected chi connectivity index (χ2v) is 7.72. The average molecular weight is 503 g/mol. The van der Waals surface area contributed by atoms with Crippen molar-refractivity contribution in [2.75, 3.05) is 6.61 Å². The maximum atomic E-state index is 12.4. The van der Waals surface area contributed by atoms with E-state index in [1.807, 2.05) is 6.92 Å². The number of fused-ring (bicyclic) bond motifs is 1. The van der Waals surface area contributed by atoms with E-state index >= 15 is 0 Å². The third-order valence-electron chi connectivity index (χ3n) is 5.18. The number of furan rings is 1. The van der Waals surface area contributed by atoms with Crippen LogP contribution in [0, 0.1) is 10.1 Å². The lowest BCUT2D eigenvalue weighted by atomic mass is 10.1. The molecule has 2 N–H and O–H groups in total. The molecule has 0 saturated carbocycles. The van der Waals surface area contributed by atoms with Crippen molar-refractivity contribution < 1.29 is 33.5 Å². The molecule has 11 heteroatoms. The molecule has 0 spiro atoms. The minimum absolute atomic E-state index is 0.0391. The van der Waals surface area contributed by atoms with Gasteiger partial charge in [0.15, 0.2) is 17.3 Å². The Balaban J connectivity index is 1.40. The van der Waals surface area contributed by atoms with Crippen molar-refractivity contribution in [1.29, 1.82) is 0 Å². The Labute approximate surface area is 210 Å². The molecule has 188 valence electrons. The van der Waals surface area contributed by atoms with E-state index in [9.17, 15) is 19.7 Å². The lowest BCUT2D eigenvalue weighted by Gasteiger charge is -2.12. The fourth-order valence-corrected chi connectivity index (χ4v) is 3.37. The SMILES string of the molecule is CCOc1cc(/C=N/NC(=O)c2cc3cc([N+](=O)[O-])ccc3o2)ccc1OCc1ccc(C(=O)O)cc1. The number of carboxylic acids is 1. The fraction of sp³-hybridized carbons (Fsp3) is 0.115. The van der Waals surface area contributed by atoms with E-state index in [0.29, 0.717) is 34.6 Å². The van der Waals surface area contributed by atoms with Crippen molar-refractivity contribution in [3.63, 3.8) is 0 Å². The minimum Gasteiger partial charge on any atom is -0.490 e. The number of carboxylic acid groups (broad SMARTS) is 1. The van der Waals surface area contributed by atoms with E-state index < -0.39 is 16.8 Å². The van der Waals surface area contributed by atoms with Crippen LogP contribution in [0.3, 0.4) is 0 Å². The van der Waals surface area contributed by atoms with Gasteiger partial charge in [-0.1, -0.05) is 12.1 Å². The van der Waals surface area contributed by atoms with Crippen LogP contribution in [0.4, 0.5) is 5.69 Å². The number of hydrogen-bond acceptors (Lipinski definition) is 8. The van der Waals surface area contributed by atoms with E-state index in [1.165, 1.54) is 42.6 Å². The van der Waals surface area contributed by atoms with Crippen LogP contribution in [-0.4, -0.2) is 34.7 Å². The van der Waals surface area contributed by atoms with Crippen LogP contribution in [0.2, 0.25) is 0 Å². The number of aromatic carboxylic acids is 1. The summed E-state index contributed by atoms with van der Waals surface area (Å²) in [5.41, 5.74) is 4.21. The fourth-order valence-electron chi connectivity index (χ4n) is 3.37. The van der Waals surface area contributed by atoms with Gasteiger partial charge in [0.05, 0.1) is 23.3 Å². The molecule has 0 aliphatic carbocycles. The molecule has 37 heavy (non-hydrogen) atoms. The van der Waals surface area contributed by atoms with Crippen LogP contribution in [0.1, 0.15) is 39.0 Å². The van der Waals surface area contributed by atoms with Crippen molar-refractivity contribution in [1.82, 2.24) is 5.43 Å². The van der Waals surface area contributed by atoms with E-state index in [4.69, 9.17) is 19.0 Å². The van der Waals surface area contributed by atoms with Gasteiger partial charge in [-0.15, -0.1) is 0 Å². The molecule has 0 aliphatic rings. The van der Waals surface area contributed by atoms with Crippen LogP contribution in [0.25, 0.3) is 11.0 Å². The molecule has 1 amide bonds. The lowest BCUT2D eigenvalue weighted by molar-refractivity contribution is -0.384. The van der Waals surface area contributed by atoms with Gasteiger partial charge in [-0.25, -0.2) is 10.2 Å². The molecule has 0 bridgehead atoms. The van der Waals surface area contributed by atoms with Crippen molar-refractivity contribution in [3.05, 3.63) is 99.3 Å². The Bertz CT molecular complexity index is 1490. The molecule has 0 aliphatic heterocycles. The standard InChI is InChI=1S/C26H21N3O8/c1-2-35-23-11-17(5-9-22(23)36-15-16-3-6-18(7-4-16)26(31)32)14-27-28-25(30)24-13-19-12-20(29(33)34)8-10-21(19)37-24/h3-14H,2,15H2,1H3,(H,28,30)(H,31,32)/b27-14+. The molecule has 4 rings (SSSR count). The summed E-state index contributed by atoms with van der Waals surface area (Å²) in [4.78, 5) is 33.8. The Kier molecular flexibility index (Phi) is 7.43. The number of nitrogens with one attached hydrogen (secondary N) is 1. The number of nitro benzene ring substituents is 1. The molecule has 0 fully saturated rings. The molecule has 0 saturated heterocycles. The van der Waals surface area contributed by atoms with Gasteiger partial charge in [-0.05, 0) is 60.5 Å².